The summed E-state index contributed by atoms with van der Waals surface area (Å²) < 4.78 is 88.8. The van der Waals surface area contributed by atoms with E-state index in [2.05, 4.69) is 10.6 Å². The van der Waals surface area contributed by atoms with Crippen LogP contribution in [-0.2, 0) is 27.0 Å². The Balaban J connectivity index is 1.67. The van der Waals surface area contributed by atoms with E-state index < -0.39 is 53.5 Å². The predicted molar refractivity (Wildman–Crippen MR) is 122 cm³/mol. The van der Waals surface area contributed by atoms with Crippen LogP contribution in [0.25, 0.3) is 0 Å². The van der Waals surface area contributed by atoms with Crippen molar-refractivity contribution in [3.63, 3.8) is 0 Å². The summed E-state index contributed by atoms with van der Waals surface area (Å²) in [5, 5.41) is 14.4. The Kier molecular flexibility index (Phi) is 8.93. The Labute approximate surface area is 214 Å². The third-order valence-corrected chi connectivity index (χ3v) is 5.92. The van der Waals surface area contributed by atoms with Crippen LogP contribution in [-0.4, -0.2) is 41.8 Å². The average molecular weight is 548 g/mol. The molecule has 1 unspecified atom stereocenters. The molecule has 1 saturated heterocycles. The molecule has 0 spiro atoms. The molecule has 38 heavy (non-hydrogen) atoms. The minimum Gasteiger partial charge on any atom is -0.457 e. The first kappa shape index (κ1) is 29.2. The second-order valence-corrected chi connectivity index (χ2v) is 8.89. The molecule has 0 aliphatic carbocycles. The Bertz CT molecular complexity index is 1130. The maximum Gasteiger partial charge on any atom is 0.419 e. The highest BCUT2D eigenvalue weighted by atomic mass is 19.4. The Morgan fingerprint density at radius 1 is 1.05 bits per heavy atom. The molecule has 1 atom stereocenters. The van der Waals surface area contributed by atoms with Crippen LogP contribution < -0.4 is 15.4 Å². The fourth-order valence-electron chi connectivity index (χ4n) is 3.89. The zero-order valence-electron chi connectivity index (χ0n) is 20.2. The second kappa shape index (κ2) is 11.6. The molecule has 3 N–H and O–H groups in total. The summed E-state index contributed by atoms with van der Waals surface area (Å²) in [6.45, 7) is 1.43. The molecule has 3 rings (SSSR count). The van der Waals surface area contributed by atoms with Gasteiger partial charge in [-0.1, -0.05) is 18.2 Å². The first-order valence-electron chi connectivity index (χ1n) is 11.6. The van der Waals surface area contributed by atoms with Gasteiger partial charge in [-0.15, -0.1) is 0 Å². The van der Waals surface area contributed by atoms with E-state index in [1.54, 1.807) is 0 Å². The van der Waals surface area contributed by atoms with Gasteiger partial charge in [0, 0.05) is 32.6 Å². The number of rotatable bonds is 8. The van der Waals surface area contributed by atoms with Gasteiger partial charge >= 0.3 is 12.4 Å². The first-order valence-corrected chi connectivity index (χ1v) is 11.6. The van der Waals surface area contributed by atoms with Crippen LogP contribution in [0.5, 0.6) is 11.5 Å². The number of aliphatic hydroxyl groups excluding tert-OH is 1. The first-order chi connectivity index (χ1) is 17.7. The van der Waals surface area contributed by atoms with Crippen molar-refractivity contribution in [3.8, 4) is 11.5 Å². The number of carbonyl (C=O) groups excluding carboxylic acids is 2. The predicted octanol–water partition coefficient (Wildman–Crippen LogP) is 4.79. The molecule has 0 aromatic heterocycles. The number of carbonyl (C=O) groups is 2. The summed E-state index contributed by atoms with van der Waals surface area (Å²) in [7, 11) is 0. The molecule has 2 aromatic rings. The quantitative estimate of drug-likeness (QED) is 0.413. The van der Waals surface area contributed by atoms with E-state index in [0.717, 1.165) is 12.1 Å². The van der Waals surface area contributed by atoms with Crippen molar-refractivity contribution in [3.05, 3.63) is 59.2 Å². The summed E-state index contributed by atoms with van der Waals surface area (Å²) in [4.78, 5) is 24.8. The van der Waals surface area contributed by atoms with Crippen LogP contribution in [0.2, 0.25) is 0 Å². The minimum atomic E-state index is -4.73. The van der Waals surface area contributed by atoms with Crippen LogP contribution in [0, 0.1) is 0 Å². The van der Waals surface area contributed by atoms with E-state index in [-0.39, 0.29) is 43.9 Å². The molecular formula is C25H26F6N2O5. The van der Waals surface area contributed by atoms with Crippen LogP contribution >= 0.6 is 0 Å². The molecule has 1 heterocycles. The summed E-state index contributed by atoms with van der Waals surface area (Å²) in [6.07, 6.45) is -12.3. The fraction of sp³-hybridized carbons (Fsp3) is 0.440. The largest absolute Gasteiger partial charge is 0.457 e. The summed E-state index contributed by atoms with van der Waals surface area (Å²) in [5.41, 5.74) is -2.01. The van der Waals surface area contributed by atoms with Gasteiger partial charge in [-0.25, -0.2) is 0 Å². The van der Waals surface area contributed by atoms with E-state index in [1.165, 1.54) is 37.3 Å². The van der Waals surface area contributed by atoms with Crippen molar-refractivity contribution in [1.29, 1.82) is 0 Å². The number of amides is 2. The number of halogens is 6. The second-order valence-electron chi connectivity index (χ2n) is 8.89. The van der Waals surface area contributed by atoms with Crippen molar-refractivity contribution < 1.29 is 50.5 Å². The molecule has 0 radical (unpaired) electrons. The zero-order chi connectivity index (χ0) is 28.1. The van der Waals surface area contributed by atoms with Gasteiger partial charge in [0.1, 0.15) is 23.5 Å². The van der Waals surface area contributed by atoms with Crippen molar-refractivity contribution in [2.24, 2.45) is 0 Å². The normalized spacial score (nSPS) is 16.4. The molecule has 2 aromatic carbocycles. The number of nitrogens with one attached hydrogen (secondary N) is 2. The van der Waals surface area contributed by atoms with Gasteiger partial charge < -0.3 is 25.2 Å². The molecular weight excluding hydrogens is 522 g/mol. The van der Waals surface area contributed by atoms with Gasteiger partial charge in [-0.2, -0.15) is 26.3 Å². The summed E-state index contributed by atoms with van der Waals surface area (Å²) in [5.74, 6) is -2.38. The Morgan fingerprint density at radius 2 is 1.68 bits per heavy atom. The highest BCUT2D eigenvalue weighted by Gasteiger charge is 2.43. The Morgan fingerprint density at radius 3 is 2.24 bits per heavy atom. The third-order valence-electron chi connectivity index (χ3n) is 5.92. The standard InChI is InChI=1S/C25H26F6N2O5/c1-15(34)17-4-7-20(19(12-17)25(29,30)31)38-18-5-2-16(3-6-18)14-32-22(36)23(8-10-37-11-9-23)33-21(35)13-24(26,27)28/h2-7,12,15,34H,8-11,13-14H2,1H3,(H,32,36)(H,33,35). The lowest BCUT2D eigenvalue weighted by Crippen LogP contribution is -2.61. The topological polar surface area (TPSA) is 96.9 Å². The average Bonchev–Trinajstić information content (AvgIpc) is 2.82. The molecule has 1 aliphatic rings. The van der Waals surface area contributed by atoms with E-state index in [0.29, 0.717) is 5.56 Å². The lowest BCUT2D eigenvalue weighted by Gasteiger charge is -2.36. The SMILES string of the molecule is CC(O)c1ccc(Oc2ccc(CNC(=O)C3(NC(=O)CC(F)(F)F)CCOCC3)cc2)c(C(F)(F)F)c1. The van der Waals surface area contributed by atoms with Gasteiger partial charge in [-0.3, -0.25) is 9.59 Å². The molecule has 0 saturated carbocycles. The van der Waals surface area contributed by atoms with Crippen LogP contribution in [0.15, 0.2) is 42.5 Å². The van der Waals surface area contributed by atoms with Crippen LogP contribution in [0.3, 0.4) is 0 Å². The number of hydrogen-bond acceptors (Lipinski definition) is 5. The van der Waals surface area contributed by atoms with Crippen molar-refractivity contribution >= 4 is 11.8 Å². The van der Waals surface area contributed by atoms with Gasteiger partial charge in [-0.05, 0) is 42.3 Å². The maximum atomic E-state index is 13.5. The highest BCUT2D eigenvalue weighted by Crippen LogP contribution is 2.39. The zero-order valence-corrected chi connectivity index (χ0v) is 20.2. The van der Waals surface area contributed by atoms with Crippen molar-refractivity contribution in [2.45, 2.75) is 56.7 Å². The summed E-state index contributed by atoms with van der Waals surface area (Å²) >= 11 is 0. The smallest absolute Gasteiger partial charge is 0.419 e. The lowest BCUT2D eigenvalue weighted by molar-refractivity contribution is -0.158. The monoisotopic (exact) mass is 548 g/mol. The van der Waals surface area contributed by atoms with E-state index in [1.807, 2.05) is 0 Å². The van der Waals surface area contributed by atoms with Crippen molar-refractivity contribution in [2.75, 3.05) is 13.2 Å². The van der Waals surface area contributed by atoms with Crippen LogP contribution in [0.4, 0.5) is 26.3 Å². The van der Waals surface area contributed by atoms with E-state index >= 15 is 0 Å². The third kappa shape index (κ3) is 7.84. The lowest BCUT2D eigenvalue weighted by atomic mass is 9.88. The minimum absolute atomic E-state index is 0.00933. The molecule has 13 heteroatoms. The van der Waals surface area contributed by atoms with E-state index in [9.17, 15) is 41.0 Å². The maximum absolute atomic E-state index is 13.5. The molecule has 7 nitrogen and oxygen atoms in total. The van der Waals surface area contributed by atoms with Gasteiger partial charge in [0.15, 0.2) is 0 Å². The number of aliphatic hydroxyl groups is 1. The number of ether oxygens (including phenoxy) is 2. The number of alkyl halides is 6. The summed E-state index contributed by atoms with van der Waals surface area (Å²) in [6, 6.07) is 9.00. The van der Waals surface area contributed by atoms with Crippen LogP contribution in [0.1, 0.15) is 49.0 Å². The number of hydrogen-bond donors (Lipinski definition) is 3. The van der Waals surface area contributed by atoms with Crippen molar-refractivity contribution in [1.82, 2.24) is 10.6 Å². The molecule has 0 bridgehead atoms. The van der Waals surface area contributed by atoms with E-state index in [4.69, 9.17) is 9.47 Å². The molecule has 1 aliphatic heterocycles. The van der Waals surface area contributed by atoms with Gasteiger partial charge in [0.05, 0.1) is 11.7 Å². The molecule has 1 fully saturated rings. The molecule has 2 amide bonds. The highest BCUT2D eigenvalue weighted by molar-refractivity contribution is 5.91. The van der Waals surface area contributed by atoms with Gasteiger partial charge in [0.25, 0.3) is 0 Å². The Hall–Kier alpha value is -3.32. The van der Waals surface area contributed by atoms with Gasteiger partial charge in [0.2, 0.25) is 11.8 Å². The fourth-order valence-corrected chi connectivity index (χ4v) is 3.89. The molecule has 208 valence electrons. The number of benzene rings is 2.